The van der Waals surface area contributed by atoms with Gasteiger partial charge in [0.1, 0.15) is 5.82 Å². The average Bonchev–Trinajstić information content (AvgIpc) is 2.99. The number of hydrogen-bond donors (Lipinski definition) is 2. The largest absolute Gasteiger partial charge is 0.395 e. The van der Waals surface area contributed by atoms with E-state index in [2.05, 4.69) is 55.8 Å². The second-order valence-electron chi connectivity index (χ2n) is 7.94. The Bertz CT molecular complexity index is 1300. The summed E-state index contributed by atoms with van der Waals surface area (Å²) in [4.78, 5) is 17.3. The van der Waals surface area contributed by atoms with Gasteiger partial charge in [0.15, 0.2) is 5.82 Å². The molecule has 0 aliphatic carbocycles. The van der Waals surface area contributed by atoms with Crippen LogP contribution in [0, 0.1) is 27.7 Å². The van der Waals surface area contributed by atoms with Crippen molar-refractivity contribution in [3.05, 3.63) is 87.0 Å². The van der Waals surface area contributed by atoms with E-state index in [0.29, 0.717) is 24.7 Å². The molecule has 0 bridgehead atoms. The Balaban J connectivity index is 1.91. The van der Waals surface area contributed by atoms with Crippen LogP contribution >= 0.6 is 0 Å². The Morgan fingerprint density at radius 3 is 2.45 bits per heavy atom. The van der Waals surface area contributed by atoms with Crippen molar-refractivity contribution in [2.24, 2.45) is 0 Å². The van der Waals surface area contributed by atoms with E-state index in [1.165, 1.54) is 22.8 Å². The Morgan fingerprint density at radius 1 is 1.03 bits per heavy atom. The number of aromatic nitrogens is 3. The first kappa shape index (κ1) is 20.9. The quantitative estimate of drug-likeness (QED) is 0.498. The number of aliphatic hydroxyl groups excluding tert-OH is 1. The van der Waals surface area contributed by atoms with Crippen molar-refractivity contribution in [1.29, 1.82) is 0 Å². The van der Waals surface area contributed by atoms with Gasteiger partial charge in [0.25, 0.3) is 5.56 Å². The van der Waals surface area contributed by atoms with E-state index in [1.54, 1.807) is 16.8 Å². The predicted molar refractivity (Wildman–Crippen MR) is 125 cm³/mol. The molecule has 0 unspecified atom stereocenters. The number of benzene rings is 1. The summed E-state index contributed by atoms with van der Waals surface area (Å²) < 4.78 is 3.66. The van der Waals surface area contributed by atoms with Crippen LogP contribution in [0.5, 0.6) is 0 Å². The van der Waals surface area contributed by atoms with Gasteiger partial charge in [-0.3, -0.25) is 9.36 Å². The molecule has 0 radical (unpaired) electrons. The zero-order valence-electron chi connectivity index (χ0n) is 18.4. The van der Waals surface area contributed by atoms with Crippen molar-refractivity contribution >= 4 is 16.7 Å². The molecule has 160 valence electrons. The van der Waals surface area contributed by atoms with E-state index in [1.807, 2.05) is 12.1 Å². The zero-order valence-corrected chi connectivity index (χ0v) is 18.4. The number of anilines is 1. The number of aliphatic hydroxyl groups is 1. The molecule has 0 amide bonds. The van der Waals surface area contributed by atoms with Crippen LogP contribution in [0.25, 0.3) is 16.7 Å². The lowest BCUT2D eigenvalue weighted by Gasteiger charge is -2.16. The third-order valence-electron chi connectivity index (χ3n) is 6.07. The number of fused-ring (bicyclic) bond motifs is 1. The second-order valence-corrected chi connectivity index (χ2v) is 7.94. The normalized spacial score (nSPS) is 11.3. The highest BCUT2D eigenvalue weighted by atomic mass is 16.3. The zero-order chi connectivity index (χ0) is 22.1. The number of hydrogen-bond acceptors (Lipinski definition) is 4. The highest BCUT2D eigenvalue weighted by Gasteiger charge is 2.18. The average molecular weight is 417 g/mol. The van der Waals surface area contributed by atoms with E-state index in [4.69, 9.17) is 4.98 Å². The third kappa shape index (κ3) is 3.75. The maximum Gasteiger partial charge on any atom is 0.256 e. The Morgan fingerprint density at radius 2 is 1.77 bits per heavy atom. The van der Waals surface area contributed by atoms with Crippen LogP contribution in [0.15, 0.2) is 53.5 Å². The topological polar surface area (TPSA) is 72.1 Å². The molecule has 0 aliphatic rings. The highest BCUT2D eigenvalue weighted by Crippen LogP contribution is 2.32. The Kier molecular flexibility index (Phi) is 5.65. The summed E-state index contributed by atoms with van der Waals surface area (Å²) in [6.07, 6.45) is 1.73. The van der Waals surface area contributed by atoms with Gasteiger partial charge in [0.2, 0.25) is 0 Å². The molecule has 0 saturated carbocycles. The van der Waals surface area contributed by atoms with Crippen molar-refractivity contribution in [1.82, 2.24) is 14.1 Å². The molecule has 6 heteroatoms. The first-order chi connectivity index (χ1) is 14.9. The van der Waals surface area contributed by atoms with Crippen LogP contribution in [-0.2, 0) is 13.1 Å². The fourth-order valence-electron chi connectivity index (χ4n) is 4.19. The van der Waals surface area contributed by atoms with Gasteiger partial charge in [-0.05, 0) is 62.1 Å². The third-order valence-corrected chi connectivity index (χ3v) is 6.07. The molecule has 31 heavy (non-hydrogen) atoms. The summed E-state index contributed by atoms with van der Waals surface area (Å²) in [5, 5.41) is 14.2. The Hall–Kier alpha value is -3.38. The molecular weight excluding hydrogens is 388 g/mol. The molecule has 6 nitrogen and oxygen atoms in total. The highest BCUT2D eigenvalue weighted by molar-refractivity contribution is 5.94. The number of pyridine rings is 2. The molecule has 4 rings (SSSR count). The van der Waals surface area contributed by atoms with Gasteiger partial charge in [-0.2, -0.15) is 0 Å². The van der Waals surface area contributed by atoms with Crippen molar-refractivity contribution in [2.45, 2.75) is 40.8 Å². The fraction of sp³-hybridized carbons (Fsp3) is 0.280. The first-order valence-electron chi connectivity index (χ1n) is 10.5. The molecule has 2 N–H and O–H groups in total. The summed E-state index contributed by atoms with van der Waals surface area (Å²) in [5.74, 6) is 1.28. The number of nitrogens with one attached hydrogen (secondary N) is 1. The minimum atomic E-state index is -0.126. The van der Waals surface area contributed by atoms with Gasteiger partial charge in [0.05, 0.1) is 12.1 Å². The van der Waals surface area contributed by atoms with Crippen LogP contribution in [0.3, 0.4) is 0 Å². The van der Waals surface area contributed by atoms with Gasteiger partial charge >= 0.3 is 0 Å². The maximum atomic E-state index is 12.5. The lowest BCUT2D eigenvalue weighted by molar-refractivity contribution is 0.277. The molecule has 1 aromatic carbocycles. The second kappa shape index (κ2) is 8.40. The standard InChI is InChI=1S/C25H28N4O2/c1-16-8-7-9-17(2)21(16)15-26-25-24-20(18(3)19(4)28(24)12-13-30)14-22(27-25)29-11-6-5-10-23(29)31/h5-11,14,30H,12-13,15H2,1-4H3,(H,26,27). The lowest BCUT2D eigenvalue weighted by atomic mass is 10.0. The SMILES string of the molecule is Cc1cccc(C)c1CNc1nc(-n2ccccc2=O)cc2c(C)c(C)n(CCO)c12. The molecular formula is C25H28N4O2. The van der Waals surface area contributed by atoms with Gasteiger partial charge in [0, 0.05) is 36.4 Å². The summed E-state index contributed by atoms with van der Waals surface area (Å²) in [6, 6.07) is 13.3. The number of rotatable bonds is 6. The van der Waals surface area contributed by atoms with E-state index in [9.17, 15) is 9.90 Å². The molecule has 0 fully saturated rings. The van der Waals surface area contributed by atoms with Gasteiger partial charge in [-0.25, -0.2) is 4.98 Å². The van der Waals surface area contributed by atoms with E-state index in [0.717, 1.165) is 22.2 Å². The Labute approximate surface area is 181 Å². The van der Waals surface area contributed by atoms with Gasteiger partial charge < -0.3 is 15.0 Å². The van der Waals surface area contributed by atoms with Crippen LogP contribution in [0.2, 0.25) is 0 Å². The first-order valence-corrected chi connectivity index (χ1v) is 10.5. The minimum Gasteiger partial charge on any atom is -0.395 e. The van der Waals surface area contributed by atoms with E-state index in [-0.39, 0.29) is 12.2 Å². The molecule has 4 aromatic rings. The molecule has 0 atom stereocenters. The summed E-state index contributed by atoms with van der Waals surface area (Å²) >= 11 is 0. The summed E-state index contributed by atoms with van der Waals surface area (Å²) in [5.41, 5.74) is 6.69. The maximum absolute atomic E-state index is 12.5. The van der Waals surface area contributed by atoms with Crippen molar-refractivity contribution in [2.75, 3.05) is 11.9 Å². The molecule has 0 aliphatic heterocycles. The van der Waals surface area contributed by atoms with Crippen molar-refractivity contribution < 1.29 is 5.11 Å². The smallest absolute Gasteiger partial charge is 0.256 e. The monoisotopic (exact) mass is 416 g/mol. The van der Waals surface area contributed by atoms with Crippen LogP contribution in [0.1, 0.15) is 27.9 Å². The van der Waals surface area contributed by atoms with Crippen LogP contribution < -0.4 is 10.9 Å². The van der Waals surface area contributed by atoms with Crippen LogP contribution in [0.4, 0.5) is 5.82 Å². The predicted octanol–water partition coefficient (Wildman–Crippen LogP) is 4.03. The fourth-order valence-corrected chi connectivity index (χ4v) is 4.19. The van der Waals surface area contributed by atoms with E-state index >= 15 is 0 Å². The summed E-state index contributed by atoms with van der Waals surface area (Å²) in [6.45, 7) is 9.48. The molecule has 0 spiro atoms. The van der Waals surface area contributed by atoms with Crippen molar-refractivity contribution in [3.8, 4) is 5.82 Å². The van der Waals surface area contributed by atoms with Gasteiger partial charge in [-0.1, -0.05) is 24.3 Å². The van der Waals surface area contributed by atoms with E-state index < -0.39 is 0 Å². The number of aryl methyl sites for hydroxylation is 3. The van der Waals surface area contributed by atoms with Gasteiger partial charge in [-0.15, -0.1) is 0 Å². The molecule has 3 heterocycles. The minimum absolute atomic E-state index is 0.0420. The summed E-state index contributed by atoms with van der Waals surface area (Å²) in [7, 11) is 0. The lowest BCUT2D eigenvalue weighted by Crippen LogP contribution is -2.18. The van der Waals surface area contributed by atoms with Crippen molar-refractivity contribution in [3.63, 3.8) is 0 Å². The van der Waals surface area contributed by atoms with Crippen LogP contribution in [-0.4, -0.2) is 25.8 Å². The molecule has 3 aromatic heterocycles. The molecule has 0 saturated heterocycles. The number of nitrogens with zero attached hydrogens (tertiary/aromatic N) is 3.